The van der Waals surface area contributed by atoms with Crippen LogP contribution in [0.5, 0.6) is 17.2 Å². The molecule has 0 fully saturated rings. The Kier molecular flexibility index (Phi) is 4.57. The second-order valence-electron chi connectivity index (χ2n) is 3.98. The molecule has 0 spiro atoms. The van der Waals surface area contributed by atoms with Crippen LogP contribution >= 0.6 is 11.3 Å². The van der Waals surface area contributed by atoms with Crippen LogP contribution in [0.25, 0.3) is 0 Å². The molecule has 1 heterocycles. The molecule has 0 bridgehead atoms. The number of carbonyl (C=O) groups excluding carboxylic acids is 1. The van der Waals surface area contributed by atoms with Gasteiger partial charge in [-0.2, -0.15) is 0 Å². The van der Waals surface area contributed by atoms with Crippen molar-refractivity contribution in [1.82, 2.24) is 4.98 Å². The Balaban J connectivity index is 2.36. The molecule has 106 valence electrons. The molecule has 0 aliphatic carbocycles. The first-order valence-corrected chi connectivity index (χ1v) is 6.78. The van der Waals surface area contributed by atoms with Crippen LogP contribution in [0, 0.1) is 0 Å². The van der Waals surface area contributed by atoms with Gasteiger partial charge in [-0.05, 0) is 6.07 Å². The largest absolute Gasteiger partial charge is 0.496 e. The van der Waals surface area contributed by atoms with Gasteiger partial charge in [0.15, 0.2) is 17.3 Å². The van der Waals surface area contributed by atoms with Crippen molar-refractivity contribution in [3.8, 4) is 17.2 Å². The first-order valence-electron chi connectivity index (χ1n) is 5.90. The van der Waals surface area contributed by atoms with Gasteiger partial charge in [-0.3, -0.25) is 9.78 Å². The van der Waals surface area contributed by atoms with Crippen LogP contribution in [0.4, 0.5) is 0 Å². The third-order valence-electron chi connectivity index (χ3n) is 2.82. The van der Waals surface area contributed by atoms with E-state index in [1.54, 1.807) is 23.8 Å². The summed E-state index contributed by atoms with van der Waals surface area (Å²) in [5, 5.41) is 0. The van der Waals surface area contributed by atoms with E-state index in [-0.39, 0.29) is 12.2 Å². The summed E-state index contributed by atoms with van der Waals surface area (Å²) in [7, 11) is 4.59. The Labute approximate surface area is 121 Å². The number of ketones is 1. The Hall–Kier alpha value is -2.08. The molecule has 2 rings (SSSR count). The van der Waals surface area contributed by atoms with Gasteiger partial charge in [0.1, 0.15) is 5.75 Å². The highest BCUT2D eigenvalue weighted by molar-refractivity contribution is 7.09. The fourth-order valence-corrected chi connectivity index (χ4v) is 2.42. The molecule has 1 aromatic carbocycles. The average Bonchev–Trinajstić information content (AvgIpc) is 2.98. The van der Waals surface area contributed by atoms with E-state index in [9.17, 15) is 4.79 Å². The van der Waals surface area contributed by atoms with Crippen LogP contribution in [0.3, 0.4) is 0 Å². The number of Topliss-reactive ketones (excluding diaryl/α,β-unsaturated/α-hetero) is 1. The van der Waals surface area contributed by atoms with E-state index in [2.05, 4.69) is 4.98 Å². The summed E-state index contributed by atoms with van der Waals surface area (Å²) in [4.78, 5) is 17.2. The lowest BCUT2D eigenvalue weighted by molar-refractivity contribution is 0.0990. The minimum Gasteiger partial charge on any atom is -0.496 e. The standard InChI is InChI=1S/C14H15NO4S/c1-17-12-6-14(19-3)13(18-2)5-10(12)11(16)4-9-7-15-8-20-9/h5-8H,4H2,1-3H3. The quantitative estimate of drug-likeness (QED) is 0.766. The molecule has 0 unspecified atom stereocenters. The number of hydrogen-bond acceptors (Lipinski definition) is 6. The summed E-state index contributed by atoms with van der Waals surface area (Å²) in [6.45, 7) is 0. The van der Waals surface area contributed by atoms with Gasteiger partial charge in [-0.25, -0.2) is 0 Å². The van der Waals surface area contributed by atoms with Crippen molar-refractivity contribution in [2.45, 2.75) is 6.42 Å². The van der Waals surface area contributed by atoms with Crippen molar-refractivity contribution in [3.05, 3.63) is 34.3 Å². The van der Waals surface area contributed by atoms with E-state index in [1.165, 1.54) is 32.7 Å². The van der Waals surface area contributed by atoms with Gasteiger partial charge in [-0.1, -0.05) is 0 Å². The molecule has 0 radical (unpaired) electrons. The zero-order valence-electron chi connectivity index (χ0n) is 11.5. The molecule has 0 aliphatic rings. The summed E-state index contributed by atoms with van der Waals surface area (Å²) >= 11 is 1.45. The molecule has 0 amide bonds. The monoisotopic (exact) mass is 293 g/mol. The molecule has 0 saturated heterocycles. The molecule has 6 heteroatoms. The van der Waals surface area contributed by atoms with Crippen molar-refractivity contribution < 1.29 is 19.0 Å². The summed E-state index contributed by atoms with van der Waals surface area (Å²) in [5.74, 6) is 1.45. The van der Waals surface area contributed by atoms with Crippen molar-refractivity contribution in [2.24, 2.45) is 0 Å². The number of nitrogens with zero attached hydrogens (tertiary/aromatic N) is 1. The zero-order chi connectivity index (χ0) is 14.5. The SMILES string of the molecule is COc1cc(OC)c(C(=O)Cc2cncs2)cc1OC. The number of rotatable bonds is 6. The molecule has 0 saturated carbocycles. The lowest BCUT2D eigenvalue weighted by Crippen LogP contribution is -2.06. The molecule has 5 nitrogen and oxygen atoms in total. The van der Waals surface area contributed by atoms with Gasteiger partial charge in [0.25, 0.3) is 0 Å². The maximum Gasteiger partial charge on any atom is 0.171 e. The van der Waals surface area contributed by atoms with Gasteiger partial charge >= 0.3 is 0 Å². The van der Waals surface area contributed by atoms with Crippen LogP contribution in [0.2, 0.25) is 0 Å². The lowest BCUT2D eigenvalue weighted by atomic mass is 10.1. The fraction of sp³-hybridized carbons (Fsp3) is 0.286. The number of ether oxygens (including phenoxy) is 3. The summed E-state index contributed by atoms with van der Waals surface area (Å²) in [6.07, 6.45) is 1.98. The molecule has 2 aromatic rings. The Morgan fingerprint density at radius 3 is 2.30 bits per heavy atom. The Bertz CT molecular complexity index is 595. The van der Waals surface area contributed by atoms with Crippen molar-refractivity contribution in [3.63, 3.8) is 0 Å². The van der Waals surface area contributed by atoms with Crippen LogP contribution in [0.15, 0.2) is 23.8 Å². The highest BCUT2D eigenvalue weighted by Crippen LogP contribution is 2.35. The number of carbonyl (C=O) groups is 1. The maximum atomic E-state index is 12.4. The number of thiazole rings is 1. The van der Waals surface area contributed by atoms with E-state index >= 15 is 0 Å². The molecule has 0 N–H and O–H groups in total. The predicted octanol–water partition coefficient (Wildman–Crippen LogP) is 2.59. The van der Waals surface area contributed by atoms with Crippen LogP contribution in [-0.2, 0) is 6.42 Å². The first-order chi connectivity index (χ1) is 9.69. The zero-order valence-corrected chi connectivity index (χ0v) is 12.3. The average molecular weight is 293 g/mol. The fourth-order valence-electron chi connectivity index (χ4n) is 1.83. The molecule has 1 aromatic heterocycles. The van der Waals surface area contributed by atoms with E-state index in [4.69, 9.17) is 14.2 Å². The van der Waals surface area contributed by atoms with E-state index in [0.717, 1.165) is 4.88 Å². The first kappa shape index (κ1) is 14.3. The Morgan fingerprint density at radius 2 is 1.75 bits per heavy atom. The van der Waals surface area contributed by atoms with Gasteiger partial charge in [0.05, 0.1) is 32.4 Å². The number of hydrogen-bond donors (Lipinski definition) is 0. The van der Waals surface area contributed by atoms with Gasteiger partial charge < -0.3 is 14.2 Å². The minimum absolute atomic E-state index is 0.0490. The highest BCUT2D eigenvalue weighted by atomic mass is 32.1. The summed E-state index contributed by atoms with van der Waals surface area (Å²) in [5.41, 5.74) is 2.17. The lowest BCUT2D eigenvalue weighted by Gasteiger charge is -2.13. The number of benzene rings is 1. The summed E-state index contributed by atoms with van der Waals surface area (Å²) in [6, 6.07) is 3.29. The van der Waals surface area contributed by atoms with E-state index in [1.807, 2.05) is 0 Å². The Morgan fingerprint density at radius 1 is 1.10 bits per heavy atom. The predicted molar refractivity (Wildman–Crippen MR) is 76.2 cm³/mol. The molecule has 0 atom stereocenters. The van der Waals surface area contributed by atoms with Gasteiger partial charge in [0.2, 0.25) is 0 Å². The number of methoxy groups -OCH3 is 3. The van der Waals surface area contributed by atoms with Crippen LogP contribution < -0.4 is 14.2 Å². The topological polar surface area (TPSA) is 57.7 Å². The van der Waals surface area contributed by atoms with E-state index < -0.39 is 0 Å². The maximum absolute atomic E-state index is 12.4. The summed E-state index contributed by atoms with van der Waals surface area (Å²) < 4.78 is 15.7. The second-order valence-corrected chi connectivity index (χ2v) is 4.95. The van der Waals surface area contributed by atoms with Gasteiger partial charge in [-0.15, -0.1) is 11.3 Å². The second kappa shape index (κ2) is 6.38. The third kappa shape index (κ3) is 2.91. The molecular formula is C14H15NO4S. The van der Waals surface area contributed by atoms with Crippen molar-refractivity contribution >= 4 is 17.1 Å². The normalized spacial score (nSPS) is 10.2. The highest BCUT2D eigenvalue weighted by Gasteiger charge is 2.18. The van der Waals surface area contributed by atoms with Crippen LogP contribution in [0.1, 0.15) is 15.2 Å². The van der Waals surface area contributed by atoms with E-state index in [0.29, 0.717) is 22.8 Å². The van der Waals surface area contributed by atoms with Crippen molar-refractivity contribution in [2.75, 3.05) is 21.3 Å². The van der Waals surface area contributed by atoms with Crippen molar-refractivity contribution in [1.29, 1.82) is 0 Å². The molecule has 0 aliphatic heterocycles. The van der Waals surface area contributed by atoms with Gasteiger partial charge in [0, 0.05) is 23.6 Å². The molecular weight excluding hydrogens is 278 g/mol. The minimum atomic E-state index is -0.0490. The van der Waals surface area contributed by atoms with Crippen LogP contribution in [-0.4, -0.2) is 32.1 Å². The third-order valence-corrected chi connectivity index (χ3v) is 3.60. The smallest absolute Gasteiger partial charge is 0.171 e. The number of aromatic nitrogens is 1. The molecule has 20 heavy (non-hydrogen) atoms.